The first kappa shape index (κ1) is 7.76. The molecule has 1 aliphatic heterocycles. The molecule has 12 heavy (non-hydrogen) atoms. The molecule has 0 aliphatic carbocycles. The maximum absolute atomic E-state index is 5.46. The van der Waals surface area contributed by atoms with Gasteiger partial charge in [-0.2, -0.15) is 0 Å². The van der Waals surface area contributed by atoms with Crippen molar-refractivity contribution in [2.24, 2.45) is 5.73 Å². The minimum absolute atomic E-state index is 0.656. The average molecular weight is 167 g/mol. The van der Waals surface area contributed by atoms with Gasteiger partial charge in [-0.25, -0.2) is 4.98 Å². The number of fused-ring (bicyclic) bond motifs is 1. The number of nitrogens with two attached hydrogens (primary N) is 1. The molecular formula is C8H13N3O. The first-order valence-corrected chi connectivity index (χ1v) is 4.22. The number of nitrogens with zero attached hydrogens (tertiary/aromatic N) is 2. The quantitative estimate of drug-likeness (QED) is 0.670. The van der Waals surface area contributed by atoms with Gasteiger partial charge in [0.05, 0.1) is 30.9 Å². The van der Waals surface area contributed by atoms with Gasteiger partial charge in [-0.05, 0) is 0 Å². The summed E-state index contributed by atoms with van der Waals surface area (Å²) in [5.41, 5.74) is 7.84. The predicted octanol–water partition coefficient (Wildman–Crippen LogP) is -0.0855. The normalized spacial score (nSPS) is 16.1. The lowest BCUT2D eigenvalue weighted by Gasteiger charge is -2.13. The van der Waals surface area contributed by atoms with Crippen LogP contribution in [0.5, 0.6) is 0 Å². The van der Waals surface area contributed by atoms with Crippen molar-refractivity contribution >= 4 is 0 Å². The summed E-state index contributed by atoms with van der Waals surface area (Å²) in [5, 5.41) is 0. The second kappa shape index (κ2) is 3.25. The molecule has 0 amide bonds. The van der Waals surface area contributed by atoms with Crippen LogP contribution >= 0.6 is 0 Å². The molecule has 4 heteroatoms. The van der Waals surface area contributed by atoms with Gasteiger partial charge in [0, 0.05) is 19.5 Å². The molecule has 0 radical (unpaired) electrons. The van der Waals surface area contributed by atoms with E-state index >= 15 is 0 Å². The molecule has 0 aromatic carbocycles. The Balaban J connectivity index is 2.25. The minimum Gasteiger partial charge on any atom is -0.375 e. The van der Waals surface area contributed by atoms with Crippen molar-refractivity contribution < 1.29 is 4.74 Å². The summed E-state index contributed by atoms with van der Waals surface area (Å²) < 4.78 is 7.42. The van der Waals surface area contributed by atoms with E-state index in [9.17, 15) is 0 Å². The van der Waals surface area contributed by atoms with Crippen molar-refractivity contribution in [2.75, 3.05) is 13.2 Å². The summed E-state index contributed by atoms with van der Waals surface area (Å²) in [5.74, 6) is 0. The van der Waals surface area contributed by atoms with E-state index in [2.05, 4.69) is 9.55 Å². The van der Waals surface area contributed by atoms with E-state index < -0.39 is 0 Å². The lowest BCUT2D eigenvalue weighted by molar-refractivity contribution is 0.104. The SMILES string of the molecule is NCCn1cnc2c1COCC2. The van der Waals surface area contributed by atoms with E-state index in [1.165, 1.54) is 11.4 Å². The smallest absolute Gasteiger partial charge is 0.0952 e. The third kappa shape index (κ3) is 1.23. The lowest BCUT2D eigenvalue weighted by Crippen LogP contribution is -2.16. The van der Waals surface area contributed by atoms with Crippen LogP contribution in [0.3, 0.4) is 0 Å². The largest absolute Gasteiger partial charge is 0.375 e. The van der Waals surface area contributed by atoms with E-state index in [-0.39, 0.29) is 0 Å². The minimum atomic E-state index is 0.656. The number of imidazole rings is 1. The van der Waals surface area contributed by atoms with Crippen LogP contribution in [0.15, 0.2) is 6.33 Å². The summed E-state index contributed by atoms with van der Waals surface area (Å²) in [6.07, 6.45) is 2.79. The van der Waals surface area contributed by atoms with Crippen molar-refractivity contribution in [3.05, 3.63) is 17.7 Å². The Bertz CT molecular complexity index is 269. The molecule has 2 heterocycles. The zero-order valence-corrected chi connectivity index (χ0v) is 6.99. The van der Waals surface area contributed by atoms with Gasteiger partial charge in [-0.1, -0.05) is 0 Å². The van der Waals surface area contributed by atoms with Gasteiger partial charge >= 0.3 is 0 Å². The highest BCUT2D eigenvalue weighted by Crippen LogP contribution is 2.14. The first-order chi connectivity index (χ1) is 5.92. The second-order valence-corrected chi connectivity index (χ2v) is 2.92. The molecule has 0 unspecified atom stereocenters. The highest BCUT2D eigenvalue weighted by atomic mass is 16.5. The van der Waals surface area contributed by atoms with E-state index in [1.54, 1.807) is 0 Å². The molecule has 2 rings (SSSR count). The number of ether oxygens (including phenoxy) is 1. The fourth-order valence-electron chi connectivity index (χ4n) is 1.49. The molecule has 1 aromatic rings. The van der Waals surface area contributed by atoms with E-state index in [1.807, 2.05) is 6.33 Å². The van der Waals surface area contributed by atoms with Gasteiger partial charge < -0.3 is 15.0 Å². The molecule has 0 bridgehead atoms. The summed E-state index contributed by atoms with van der Waals surface area (Å²) in [6, 6.07) is 0. The average Bonchev–Trinajstić information content (AvgIpc) is 2.50. The Labute approximate surface area is 71.3 Å². The Morgan fingerprint density at radius 2 is 2.58 bits per heavy atom. The standard InChI is InChI=1S/C8H13N3O/c9-2-3-11-6-10-7-1-4-12-5-8(7)11/h6H,1-5,9H2. The van der Waals surface area contributed by atoms with Gasteiger partial charge in [-0.3, -0.25) is 0 Å². The van der Waals surface area contributed by atoms with Crippen molar-refractivity contribution in [1.82, 2.24) is 9.55 Å². The molecule has 1 aromatic heterocycles. The zero-order chi connectivity index (χ0) is 8.39. The van der Waals surface area contributed by atoms with Crippen molar-refractivity contribution in [3.8, 4) is 0 Å². The molecule has 0 saturated heterocycles. The van der Waals surface area contributed by atoms with Crippen LogP contribution in [0, 0.1) is 0 Å². The molecular weight excluding hydrogens is 154 g/mol. The zero-order valence-electron chi connectivity index (χ0n) is 6.99. The number of hydrogen-bond donors (Lipinski definition) is 1. The third-order valence-corrected chi connectivity index (χ3v) is 2.12. The van der Waals surface area contributed by atoms with Crippen LogP contribution in [-0.2, 0) is 24.3 Å². The first-order valence-electron chi connectivity index (χ1n) is 4.22. The van der Waals surface area contributed by atoms with Crippen LogP contribution < -0.4 is 5.73 Å². The molecule has 0 atom stereocenters. The second-order valence-electron chi connectivity index (χ2n) is 2.92. The predicted molar refractivity (Wildman–Crippen MR) is 44.6 cm³/mol. The van der Waals surface area contributed by atoms with E-state index in [0.717, 1.165) is 19.6 Å². The Hall–Kier alpha value is -0.870. The van der Waals surface area contributed by atoms with Crippen LogP contribution in [0.25, 0.3) is 0 Å². The van der Waals surface area contributed by atoms with Gasteiger partial charge in [-0.15, -0.1) is 0 Å². The Morgan fingerprint density at radius 3 is 3.42 bits per heavy atom. The summed E-state index contributed by atoms with van der Waals surface area (Å²) >= 11 is 0. The molecule has 66 valence electrons. The van der Waals surface area contributed by atoms with Crippen LogP contribution in [0.2, 0.25) is 0 Å². The fourth-order valence-corrected chi connectivity index (χ4v) is 1.49. The molecule has 0 fully saturated rings. The van der Waals surface area contributed by atoms with Gasteiger partial charge in [0.2, 0.25) is 0 Å². The fraction of sp³-hybridized carbons (Fsp3) is 0.625. The van der Waals surface area contributed by atoms with Gasteiger partial charge in [0.1, 0.15) is 0 Å². The summed E-state index contributed by atoms with van der Waals surface area (Å²) in [4.78, 5) is 4.30. The molecule has 0 saturated carbocycles. The topological polar surface area (TPSA) is 53.1 Å². The highest BCUT2D eigenvalue weighted by molar-refractivity contribution is 5.14. The molecule has 4 nitrogen and oxygen atoms in total. The van der Waals surface area contributed by atoms with Crippen molar-refractivity contribution in [2.45, 2.75) is 19.6 Å². The van der Waals surface area contributed by atoms with Crippen LogP contribution in [0.4, 0.5) is 0 Å². The number of rotatable bonds is 2. The number of aromatic nitrogens is 2. The number of hydrogen-bond acceptors (Lipinski definition) is 3. The molecule has 1 aliphatic rings. The van der Waals surface area contributed by atoms with Crippen molar-refractivity contribution in [1.29, 1.82) is 0 Å². The maximum Gasteiger partial charge on any atom is 0.0952 e. The molecule has 2 N–H and O–H groups in total. The molecule has 0 spiro atoms. The van der Waals surface area contributed by atoms with Crippen molar-refractivity contribution in [3.63, 3.8) is 0 Å². The summed E-state index contributed by atoms with van der Waals surface area (Å²) in [7, 11) is 0. The van der Waals surface area contributed by atoms with Gasteiger partial charge in [0.25, 0.3) is 0 Å². The maximum atomic E-state index is 5.46. The third-order valence-electron chi connectivity index (χ3n) is 2.12. The highest BCUT2D eigenvalue weighted by Gasteiger charge is 2.14. The summed E-state index contributed by atoms with van der Waals surface area (Å²) in [6.45, 7) is 2.98. The van der Waals surface area contributed by atoms with Crippen LogP contribution in [0.1, 0.15) is 11.4 Å². The lowest BCUT2D eigenvalue weighted by atomic mass is 10.2. The monoisotopic (exact) mass is 167 g/mol. The van der Waals surface area contributed by atoms with Crippen LogP contribution in [-0.4, -0.2) is 22.7 Å². The van der Waals surface area contributed by atoms with Gasteiger partial charge in [0.15, 0.2) is 0 Å². The van der Waals surface area contributed by atoms with E-state index in [0.29, 0.717) is 13.2 Å². The van der Waals surface area contributed by atoms with E-state index in [4.69, 9.17) is 10.5 Å². The Morgan fingerprint density at radius 1 is 1.67 bits per heavy atom. The Kier molecular flexibility index (Phi) is 2.10.